The molecule has 4 rings (SSSR count). The van der Waals surface area contributed by atoms with Crippen molar-refractivity contribution in [2.45, 2.75) is 56.0 Å². The van der Waals surface area contributed by atoms with Gasteiger partial charge in [0.2, 0.25) is 0 Å². The smallest absolute Gasteiger partial charge is 0.148 e. The predicted molar refractivity (Wildman–Crippen MR) is 130 cm³/mol. The van der Waals surface area contributed by atoms with Crippen molar-refractivity contribution in [2.24, 2.45) is 0 Å². The highest BCUT2D eigenvalue weighted by molar-refractivity contribution is 14.1. The Morgan fingerprint density at radius 1 is 1.17 bits per heavy atom. The van der Waals surface area contributed by atoms with Gasteiger partial charge >= 0.3 is 0 Å². The molecule has 0 spiro atoms. The van der Waals surface area contributed by atoms with Crippen LogP contribution in [-0.4, -0.2) is 20.2 Å². The van der Waals surface area contributed by atoms with Crippen molar-refractivity contribution in [3.05, 3.63) is 53.1 Å². The number of alkyl halides is 1. The first-order valence-corrected chi connectivity index (χ1v) is 12.3. The lowest BCUT2D eigenvalue weighted by Gasteiger charge is -2.28. The summed E-state index contributed by atoms with van der Waals surface area (Å²) in [7, 11) is 0. The number of nitriles is 1. The Morgan fingerprint density at radius 2 is 1.97 bits per heavy atom. The van der Waals surface area contributed by atoms with Crippen LogP contribution in [0.15, 0.2) is 36.4 Å². The van der Waals surface area contributed by atoms with Gasteiger partial charge < -0.3 is 4.74 Å². The quantitative estimate of drug-likeness (QED) is 0.270. The Hall–Kier alpha value is -1.98. The minimum atomic E-state index is 0.0226. The third-order valence-corrected chi connectivity index (χ3v) is 7.35. The van der Waals surface area contributed by atoms with Gasteiger partial charge in [-0.3, -0.25) is 0 Å². The summed E-state index contributed by atoms with van der Waals surface area (Å²) in [4.78, 5) is 0. The molecule has 3 aromatic rings. The van der Waals surface area contributed by atoms with Gasteiger partial charge in [-0.1, -0.05) is 59.1 Å². The van der Waals surface area contributed by atoms with E-state index in [9.17, 15) is 5.26 Å². The third kappa shape index (κ3) is 4.23. The molecular formula is C24H24IN3OS. The molecule has 1 aliphatic carbocycles. The van der Waals surface area contributed by atoms with Crippen molar-refractivity contribution < 1.29 is 4.74 Å². The van der Waals surface area contributed by atoms with E-state index in [1.807, 2.05) is 32.0 Å². The van der Waals surface area contributed by atoms with Crippen LogP contribution in [0, 0.1) is 11.3 Å². The Kier molecular flexibility index (Phi) is 6.40. The molecule has 0 bridgehead atoms. The number of hydrogen-bond acceptors (Lipinski definition) is 5. The Bertz CT molecular complexity index is 1100. The highest BCUT2D eigenvalue weighted by atomic mass is 127. The van der Waals surface area contributed by atoms with E-state index in [1.165, 1.54) is 29.5 Å². The lowest BCUT2D eigenvalue weighted by atomic mass is 9.79. The van der Waals surface area contributed by atoms with Crippen LogP contribution in [-0.2, 0) is 6.42 Å². The normalized spacial score (nSPS) is 16.7. The van der Waals surface area contributed by atoms with Gasteiger partial charge in [-0.25, -0.2) is 0 Å². The summed E-state index contributed by atoms with van der Waals surface area (Å²) in [6, 6.07) is 14.5. The van der Waals surface area contributed by atoms with Gasteiger partial charge in [0.15, 0.2) is 0 Å². The van der Waals surface area contributed by atoms with E-state index in [1.54, 1.807) is 11.3 Å². The SMILES string of the molecule is CC(C)Oc1ccc(-c2nnc(-c3cccc4c3CCC[C@H]4C(C)I)s2)cc1C#N. The van der Waals surface area contributed by atoms with Crippen molar-refractivity contribution in [2.75, 3.05) is 0 Å². The van der Waals surface area contributed by atoms with E-state index in [-0.39, 0.29) is 6.10 Å². The molecule has 0 saturated heterocycles. The standard InChI is InChI=1S/C24H24IN3OS/c1-14(2)29-22-11-10-16(12-17(22)13-26)23-27-28-24(30-23)21-9-5-7-19-18(15(3)25)6-4-8-20(19)21/h5,7,9-12,14-15,18H,4,6,8H2,1-3H3/t15?,18-/m0/s1. The molecule has 1 aromatic heterocycles. The first-order valence-electron chi connectivity index (χ1n) is 10.3. The Balaban J connectivity index is 1.69. The van der Waals surface area contributed by atoms with E-state index in [2.05, 4.69) is 64.0 Å². The van der Waals surface area contributed by atoms with E-state index >= 15 is 0 Å². The molecule has 0 aliphatic heterocycles. The molecule has 2 atom stereocenters. The maximum atomic E-state index is 9.52. The lowest BCUT2D eigenvalue weighted by Crippen LogP contribution is -2.16. The van der Waals surface area contributed by atoms with Gasteiger partial charge in [-0.15, -0.1) is 10.2 Å². The average Bonchev–Trinajstić information content (AvgIpc) is 3.22. The number of halogens is 1. The summed E-state index contributed by atoms with van der Waals surface area (Å²) < 4.78 is 6.35. The Morgan fingerprint density at radius 3 is 2.70 bits per heavy atom. The summed E-state index contributed by atoms with van der Waals surface area (Å²) in [5.74, 6) is 1.21. The molecular weight excluding hydrogens is 505 g/mol. The average molecular weight is 529 g/mol. The maximum absolute atomic E-state index is 9.52. The van der Waals surface area contributed by atoms with Crippen LogP contribution in [0.1, 0.15) is 56.2 Å². The van der Waals surface area contributed by atoms with Crippen LogP contribution in [0.5, 0.6) is 5.75 Å². The zero-order valence-corrected chi connectivity index (χ0v) is 20.3. The first kappa shape index (κ1) is 21.3. The molecule has 0 radical (unpaired) electrons. The van der Waals surface area contributed by atoms with E-state index < -0.39 is 0 Å². The molecule has 1 unspecified atom stereocenters. The van der Waals surface area contributed by atoms with Crippen molar-refractivity contribution in [3.63, 3.8) is 0 Å². The van der Waals surface area contributed by atoms with Gasteiger partial charge in [-0.05, 0) is 68.4 Å². The maximum Gasteiger partial charge on any atom is 0.148 e. The second-order valence-electron chi connectivity index (χ2n) is 7.95. The molecule has 0 N–H and O–H groups in total. The van der Waals surface area contributed by atoms with Gasteiger partial charge in [0.05, 0.1) is 11.7 Å². The summed E-state index contributed by atoms with van der Waals surface area (Å²) in [6.45, 7) is 6.21. The molecule has 4 nitrogen and oxygen atoms in total. The molecule has 30 heavy (non-hydrogen) atoms. The van der Waals surface area contributed by atoms with Crippen molar-refractivity contribution in [1.82, 2.24) is 10.2 Å². The molecule has 0 fully saturated rings. The number of rotatable bonds is 5. The first-order chi connectivity index (χ1) is 14.5. The van der Waals surface area contributed by atoms with Crippen LogP contribution < -0.4 is 4.74 Å². The van der Waals surface area contributed by atoms with E-state index in [0.29, 0.717) is 21.2 Å². The second kappa shape index (κ2) is 9.03. The van der Waals surface area contributed by atoms with Crippen LogP contribution in [0.4, 0.5) is 0 Å². The molecule has 154 valence electrons. The lowest BCUT2D eigenvalue weighted by molar-refractivity contribution is 0.242. The molecule has 6 heteroatoms. The third-order valence-electron chi connectivity index (χ3n) is 5.47. The minimum Gasteiger partial charge on any atom is -0.490 e. The largest absolute Gasteiger partial charge is 0.490 e. The predicted octanol–water partition coefficient (Wildman–Crippen LogP) is 6.77. The highest BCUT2D eigenvalue weighted by Gasteiger charge is 2.26. The van der Waals surface area contributed by atoms with Crippen LogP contribution in [0.25, 0.3) is 21.1 Å². The van der Waals surface area contributed by atoms with E-state index in [0.717, 1.165) is 22.0 Å². The molecule has 0 amide bonds. The molecule has 2 aromatic carbocycles. The fourth-order valence-electron chi connectivity index (χ4n) is 4.12. The highest BCUT2D eigenvalue weighted by Crippen LogP contribution is 2.42. The number of aromatic nitrogens is 2. The summed E-state index contributed by atoms with van der Waals surface area (Å²) in [5.41, 5.74) is 5.53. The second-order valence-corrected chi connectivity index (χ2v) is 10.9. The zero-order chi connectivity index (χ0) is 21.3. The number of benzene rings is 2. The Labute approximate surface area is 195 Å². The summed E-state index contributed by atoms with van der Waals surface area (Å²) >= 11 is 4.14. The van der Waals surface area contributed by atoms with Gasteiger partial charge in [0.1, 0.15) is 21.8 Å². The van der Waals surface area contributed by atoms with Crippen molar-refractivity contribution in [3.8, 4) is 33.0 Å². The topological polar surface area (TPSA) is 58.8 Å². The fourth-order valence-corrected chi connectivity index (χ4v) is 5.76. The summed E-state index contributed by atoms with van der Waals surface area (Å²) in [6.07, 6.45) is 3.59. The fraction of sp³-hybridized carbons (Fsp3) is 0.375. The van der Waals surface area contributed by atoms with Gasteiger partial charge in [0.25, 0.3) is 0 Å². The summed E-state index contributed by atoms with van der Waals surface area (Å²) in [5, 5.41) is 20.3. The zero-order valence-electron chi connectivity index (χ0n) is 17.4. The van der Waals surface area contributed by atoms with Crippen LogP contribution in [0.3, 0.4) is 0 Å². The van der Waals surface area contributed by atoms with Crippen LogP contribution >= 0.6 is 33.9 Å². The van der Waals surface area contributed by atoms with Gasteiger partial charge in [0, 0.05) is 15.1 Å². The number of nitrogens with zero attached hydrogens (tertiary/aromatic N) is 3. The molecule has 0 saturated carbocycles. The van der Waals surface area contributed by atoms with Gasteiger partial charge in [-0.2, -0.15) is 5.26 Å². The van der Waals surface area contributed by atoms with Crippen molar-refractivity contribution in [1.29, 1.82) is 5.26 Å². The number of ether oxygens (including phenoxy) is 1. The monoisotopic (exact) mass is 529 g/mol. The molecule has 1 aliphatic rings. The molecule has 1 heterocycles. The van der Waals surface area contributed by atoms with E-state index in [4.69, 9.17) is 4.74 Å². The van der Waals surface area contributed by atoms with Crippen molar-refractivity contribution >= 4 is 33.9 Å². The van der Waals surface area contributed by atoms with Crippen LogP contribution in [0.2, 0.25) is 0 Å². The minimum absolute atomic E-state index is 0.0226. The number of fused-ring (bicyclic) bond motifs is 1. The number of hydrogen-bond donors (Lipinski definition) is 0.